The number of hydrogen-bond acceptors (Lipinski definition) is 6. The molecular weight excluding hydrogens is 318 g/mol. The molecule has 2 N–H and O–H groups in total. The lowest BCUT2D eigenvalue weighted by molar-refractivity contribution is -0.127. The van der Waals surface area contributed by atoms with Gasteiger partial charge in [-0.25, -0.2) is 4.68 Å². The predicted molar refractivity (Wildman–Crippen MR) is 91.3 cm³/mol. The topological polar surface area (TPSA) is 77.0 Å². The minimum atomic E-state index is 0.0381. The Labute approximate surface area is 138 Å². The molecule has 8 heteroatoms. The van der Waals surface area contributed by atoms with Crippen LogP contribution >= 0.6 is 23.1 Å². The number of nitrogens with two attached hydrogens (primary N) is 1. The normalized spacial score (nSPS) is 10.6. The number of thioether (sulfide) groups is 1. The zero-order valence-electron chi connectivity index (χ0n) is 12.7. The van der Waals surface area contributed by atoms with Gasteiger partial charge in [0.25, 0.3) is 0 Å². The van der Waals surface area contributed by atoms with Crippen molar-refractivity contribution in [2.24, 2.45) is 0 Å². The fourth-order valence-electron chi connectivity index (χ4n) is 1.87. The van der Waals surface area contributed by atoms with Crippen LogP contribution in [0.4, 0.5) is 0 Å². The molecule has 0 atom stereocenters. The number of amides is 1. The fourth-order valence-corrected chi connectivity index (χ4v) is 3.33. The third kappa shape index (κ3) is 3.89. The highest BCUT2D eigenvalue weighted by Crippen LogP contribution is 2.25. The summed E-state index contributed by atoms with van der Waals surface area (Å²) >= 11 is 2.84. The van der Waals surface area contributed by atoms with Crippen molar-refractivity contribution in [2.45, 2.75) is 19.0 Å². The van der Waals surface area contributed by atoms with E-state index in [0.717, 1.165) is 10.5 Å². The maximum Gasteiger partial charge on any atom is 0.233 e. The lowest BCUT2D eigenvalue weighted by Gasteiger charge is -2.20. The van der Waals surface area contributed by atoms with E-state index in [0.29, 0.717) is 24.1 Å². The first-order valence-corrected chi connectivity index (χ1v) is 8.68. The van der Waals surface area contributed by atoms with Crippen LogP contribution in [0.15, 0.2) is 34.8 Å². The molecular formula is C14H19N5OS2. The maximum absolute atomic E-state index is 12.2. The van der Waals surface area contributed by atoms with Gasteiger partial charge in [-0.3, -0.25) is 4.79 Å². The van der Waals surface area contributed by atoms with Crippen LogP contribution in [0.5, 0.6) is 0 Å². The average Bonchev–Trinajstić information content (AvgIpc) is 3.11. The molecule has 0 aliphatic heterocycles. The van der Waals surface area contributed by atoms with Crippen molar-refractivity contribution in [3.63, 3.8) is 0 Å². The molecule has 0 aromatic carbocycles. The van der Waals surface area contributed by atoms with E-state index in [1.165, 1.54) is 16.4 Å². The minimum Gasteiger partial charge on any atom is -0.338 e. The van der Waals surface area contributed by atoms with E-state index < -0.39 is 0 Å². The van der Waals surface area contributed by atoms with E-state index in [4.69, 9.17) is 5.84 Å². The van der Waals surface area contributed by atoms with E-state index in [-0.39, 0.29) is 11.7 Å². The highest BCUT2D eigenvalue weighted by atomic mass is 32.2. The summed E-state index contributed by atoms with van der Waals surface area (Å²) in [6, 6.07) is 3.87. The van der Waals surface area contributed by atoms with Crippen molar-refractivity contribution in [2.75, 3.05) is 24.7 Å². The Morgan fingerprint density at radius 2 is 2.32 bits per heavy atom. The Bertz CT molecular complexity index is 650. The van der Waals surface area contributed by atoms with E-state index in [1.54, 1.807) is 16.2 Å². The van der Waals surface area contributed by atoms with Crippen molar-refractivity contribution in [3.05, 3.63) is 29.7 Å². The zero-order chi connectivity index (χ0) is 16.1. The molecule has 22 heavy (non-hydrogen) atoms. The Hall–Kier alpha value is -1.80. The maximum atomic E-state index is 12.2. The summed E-state index contributed by atoms with van der Waals surface area (Å²) < 4.78 is 1.43. The number of aromatic nitrogens is 3. The van der Waals surface area contributed by atoms with E-state index in [9.17, 15) is 4.79 Å². The molecule has 0 spiro atoms. The first-order chi connectivity index (χ1) is 10.5. The van der Waals surface area contributed by atoms with Crippen LogP contribution in [-0.4, -0.2) is 44.5 Å². The number of likely N-dealkylation sites (N-methyl/N-ethyl adjacent to an activating group) is 1. The standard InChI is InChI=1S/C14H19N5OS2/c1-4-18(8-10(2)3)12(20)9-22-14-17-16-13(19(14)15)11-6-5-7-21-11/h5-7H,2,4,8-9,15H2,1,3H3. The average molecular weight is 337 g/mol. The van der Waals surface area contributed by atoms with Crippen molar-refractivity contribution < 1.29 is 4.79 Å². The largest absolute Gasteiger partial charge is 0.338 e. The lowest BCUT2D eigenvalue weighted by atomic mass is 10.3. The van der Waals surface area contributed by atoms with Gasteiger partial charge in [0.1, 0.15) is 0 Å². The molecule has 2 rings (SSSR count). The summed E-state index contributed by atoms with van der Waals surface area (Å²) in [5.41, 5.74) is 0.960. The van der Waals surface area contributed by atoms with Gasteiger partial charge in [-0.15, -0.1) is 21.5 Å². The molecule has 0 radical (unpaired) electrons. The molecule has 0 saturated heterocycles. The van der Waals surface area contributed by atoms with Gasteiger partial charge < -0.3 is 10.7 Å². The Balaban J connectivity index is 2.00. The molecule has 0 aliphatic rings. The summed E-state index contributed by atoms with van der Waals surface area (Å²) in [5, 5.41) is 10.6. The monoisotopic (exact) mass is 337 g/mol. The summed E-state index contributed by atoms with van der Waals surface area (Å²) in [5.74, 6) is 6.94. The lowest BCUT2D eigenvalue weighted by Crippen LogP contribution is -2.33. The molecule has 118 valence electrons. The van der Waals surface area contributed by atoms with Crippen LogP contribution < -0.4 is 5.84 Å². The quantitative estimate of drug-likeness (QED) is 0.476. The van der Waals surface area contributed by atoms with E-state index in [2.05, 4.69) is 16.8 Å². The zero-order valence-corrected chi connectivity index (χ0v) is 14.3. The molecule has 0 bridgehead atoms. The van der Waals surface area contributed by atoms with Gasteiger partial charge in [-0.2, -0.15) is 0 Å². The molecule has 1 amide bonds. The van der Waals surface area contributed by atoms with Crippen molar-refractivity contribution in [1.82, 2.24) is 19.8 Å². The molecule has 0 fully saturated rings. The third-order valence-corrected chi connectivity index (χ3v) is 4.72. The van der Waals surface area contributed by atoms with Gasteiger partial charge in [-0.05, 0) is 25.3 Å². The third-order valence-electron chi connectivity index (χ3n) is 2.93. The van der Waals surface area contributed by atoms with Gasteiger partial charge in [-0.1, -0.05) is 30.0 Å². The molecule has 2 aromatic heterocycles. The number of nitrogens with zero attached hydrogens (tertiary/aromatic N) is 4. The number of thiophene rings is 1. The second-order valence-electron chi connectivity index (χ2n) is 4.81. The van der Waals surface area contributed by atoms with E-state index >= 15 is 0 Å². The first-order valence-electron chi connectivity index (χ1n) is 6.82. The van der Waals surface area contributed by atoms with Crippen LogP contribution in [0.2, 0.25) is 0 Å². The molecule has 0 saturated carbocycles. The molecule has 0 unspecified atom stereocenters. The minimum absolute atomic E-state index is 0.0381. The van der Waals surface area contributed by atoms with Gasteiger partial charge in [0, 0.05) is 13.1 Å². The molecule has 0 aliphatic carbocycles. The van der Waals surface area contributed by atoms with Gasteiger partial charge in [0.2, 0.25) is 11.1 Å². The highest BCUT2D eigenvalue weighted by Gasteiger charge is 2.16. The summed E-state index contributed by atoms with van der Waals surface area (Å²) in [7, 11) is 0. The van der Waals surface area contributed by atoms with Crippen LogP contribution in [0.3, 0.4) is 0 Å². The van der Waals surface area contributed by atoms with Crippen LogP contribution in [-0.2, 0) is 4.79 Å². The Morgan fingerprint density at radius 1 is 1.55 bits per heavy atom. The summed E-state index contributed by atoms with van der Waals surface area (Å²) in [6.07, 6.45) is 0. The number of rotatable bonds is 7. The Kier molecular flexibility index (Phi) is 5.62. The van der Waals surface area contributed by atoms with Crippen molar-refractivity contribution in [3.8, 4) is 10.7 Å². The summed E-state index contributed by atoms with van der Waals surface area (Å²) in [6.45, 7) is 8.93. The highest BCUT2D eigenvalue weighted by molar-refractivity contribution is 7.99. The smallest absolute Gasteiger partial charge is 0.233 e. The number of carbonyl (C=O) groups excluding carboxylic acids is 1. The molecule has 2 aromatic rings. The first kappa shape index (κ1) is 16.6. The predicted octanol–water partition coefficient (Wildman–Crippen LogP) is 2.24. The fraction of sp³-hybridized carbons (Fsp3) is 0.357. The van der Waals surface area contributed by atoms with Crippen LogP contribution in [0, 0.1) is 0 Å². The Morgan fingerprint density at radius 3 is 2.91 bits per heavy atom. The van der Waals surface area contributed by atoms with Gasteiger partial charge in [0.15, 0.2) is 5.82 Å². The molecule has 2 heterocycles. The van der Waals surface area contributed by atoms with Crippen molar-refractivity contribution >= 4 is 29.0 Å². The molecule has 6 nitrogen and oxygen atoms in total. The number of nitrogen functional groups attached to an aromatic ring is 1. The number of carbonyl (C=O) groups is 1. The second-order valence-corrected chi connectivity index (χ2v) is 6.70. The number of hydrogen-bond donors (Lipinski definition) is 1. The SMILES string of the molecule is C=C(C)CN(CC)C(=O)CSc1nnc(-c2cccs2)n1N. The van der Waals surface area contributed by atoms with Gasteiger partial charge >= 0.3 is 0 Å². The second kappa shape index (κ2) is 7.46. The van der Waals surface area contributed by atoms with Crippen molar-refractivity contribution in [1.29, 1.82) is 0 Å². The van der Waals surface area contributed by atoms with Crippen LogP contribution in [0.25, 0.3) is 10.7 Å². The van der Waals surface area contributed by atoms with Crippen LogP contribution in [0.1, 0.15) is 13.8 Å². The summed E-state index contributed by atoms with van der Waals surface area (Å²) in [4.78, 5) is 14.9. The van der Waals surface area contributed by atoms with Gasteiger partial charge in [0.05, 0.1) is 10.6 Å². The van der Waals surface area contributed by atoms with E-state index in [1.807, 2.05) is 31.4 Å².